The molecule has 1 atom stereocenters. The standard InChI is InChI=1S/C27H39ClN6O2/c28-23-10-8-21(9-11-23)17-24(32-25(35)7-4-14-29)26(36)33-15-12-27(13-16-33,18-34-20-30-19-31-34)22-5-2-1-3-6-22/h8-11,19-20,22,24H,1-7,12-18,29H2,(H,32,35). The summed E-state index contributed by atoms with van der Waals surface area (Å²) in [6.45, 7) is 2.69. The number of nitrogens with one attached hydrogen (secondary N) is 1. The number of carbonyl (C=O) groups excluding carboxylic acids is 2. The third-order valence-electron chi connectivity index (χ3n) is 8.08. The Morgan fingerprint density at radius 1 is 1.14 bits per heavy atom. The predicted octanol–water partition coefficient (Wildman–Crippen LogP) is 3.59. The van der Waals surface area contributed by atoms with E-state index < -0.39 is 6.04 Å². The van der Waals surface area contributed by atoms with Crippen molar-refractivity contribution in [3.63, 3.8) is 0 Å². The Morgan fingerprint density at radius 3 is 2.50 bits per heavy atom. The van der Waals surface area contributed by atoms with Gasteiger partial charge in [-0.3, -0.25) is 14.3 Å². The van der Waals surface area contributed by atoms with Gasteiger partial charge in [0, 0.05) is 37.5 Å². The fourth-order valence-corrected chi connectivity index (χ4v) is 6.15. The van der Waals surface area contributed by atoms with E-state index in [-0.39, 0.29) is 17.2 Å². The average molecular weight is 515 g/mol. The number of halogens is 1. The quantitative estimate of drug-likeness (QED) is 0.504. The molecule has 1 saturated heterocycles. The summed E-state index contributed by atoms with van der Waals surface area (Å²) >= 11 is 6.05. The molecule has 0 spiro atoms. The number of nitrogens with two attached hydrogens (primary N) is 1. The second-order valence-corrected chi connectivity index (χ2v) is 10.9. The van der Waals surface area contributed by atoms with Gasteiger partial charge in [0.05, 0.1) is 0 Å². The molecule has 8 nitrogen and oxygen atoms in total. The molecule has 36 heavy (non-hydrogen) atoms. The number of aromatic nitrogens is 3. The van der Waals surface area contributed by atoms with Gasteiger partial charge in [-0.1, -0.05) is 43.0 Å². The molecule has 3 N–H and O–H groups in total. The first kappa shape index (κ1) is 26.6. The Kier molecular flexibility index (Phi) is 9.37. The SMILES string of the molecule is NCCCC(=O)NC(Cc1ccc(Cl)cc1)C(=O)N1CCC(Cn2cncn2)(C2CCCCC2)CC1. The normalized spacial score (nSPS) is 19.1. The first-order valence-corrected chi connectivity index (χ1v) is 13.7. The summed E-state index contributed by atoms with van der Waals surface area (Å²) in [4.78, 5) is 32.4. The lowest BCUT2D eigenvalue weighted by Gasteiger charge is -2.48. The second kappa shape index (κ2) is 12.7. The van der Waals surface area contributed by atoms with Crippen molar-refractivity contribution in [1.29, 1.82) is 0 Å². The third kappa shape index (κ3) is 6.85. The van der Waals surface area contributed by atoms with Crippen molar-refractivity contribution < 1.29 is 9.59 Å². The first-order chi connectivity index (χ1) is 17.5. The van der Waals surface area contributed by atoms with Crippen molar-refractivity contribution in [2.45, 2.75) is 76.8 Å². The smallest absolute Gasteiger partial charge is 0.245 e. The van der Waals surface area contributed by atoms with Crippen LogP contribution in [0.2, 0.25) is 5.02 Å². The highest BCUT2D eigenvalue weighted by atomic mass is 35.5. The van der Waals surface area contributed by atoms with E-state index in [0.29, 0.717) is 49.8 Å². The van der Waals surface area contributed by atoms with Gasteiger partial charge in [0.1, 0.15) is 18.7 Å². The molecular formula is C27H39ClN6O2. The number of amides is 2. The molecule has 4 rings (SSSR count). The van der Waals surface area contributed by atoms with E-state index in [0.717, 1.165) is 24.9 Å². The number of likely N-dealkylation sites (tertiary alicyclic amines) is 1. The van der Waals surface area contributed by atoms with Crippen LogP contribution >= 0.6 is 11.6 Å². The van der Waals surface area contributed by atoms with Crippen molar-refractivity contribution in [3.05, 3.63) is 47.5 Å². The minimum atomic E-state index is -0.603. The van der Waals surface area contributed by atoms with Gasteiger partial charge in [-0.15, -0.1) is 0 Å². The van der Waals surface area contributed by atoms with E-state index in [1.165, 1.54) is 32.1 Å². The number of carbonyl (C=O) groups is 2. The van der Waals surface area contributed by atoms with Gasteiger partial charge in [-0.25, -0.2) is 4.98 Å². The molecule has 1 unspecified atom stereocenters. The number of hydrogen-bond acceptors (Lipinski definition) is 5. The van der Waals surface area contributed by atoms with Crippen LogP contribution in [0.15, 0.2) is 36.9 Å². The molecule has 1 aliphatic heterocycles. The maximum Gasteiger partial charge on any atom is 0.245 e. The number of nitrogens with zero attached hydrogens (tertiary/aromatic N) is 4. The van der Waals surface area contributed by atoms with E-state index >= 15 is 0 Å². The summed E-state index contributed by atoms with van der Waals surface area (Å²) in [5.74, 6) is 0.505. The average Bonchev–Trinajstić information content (AvgIpc) is 3.42. The van der Waals surface area contributed by atoms with Crippen molar-refractivity contribution in [2.24, 2.45) is 17.1 Å². The fourth-order valence-electron chi connectivity index (χ4n) is 6.03. The molecule has 2 aromatic rings. The Hall–Kier alpha value is -2.45. The topological polar surface area (TPSA) is 106 Å². The lowest BCUT2D eigenvalue weighted by molar-refractivity contribution is -0.139. The molecule has 1 aromatic carbocycles. The Morgan fingerprint density at radius 2 is 1.86 bits per heavy atom. The highest BCUT2D eigenvalue weighted by molar-refractivity contribution is 6.30. The van der Waals surface area contributed by atoms with E-state index in [1.807, 2.05) is 33.8 Å². The minimum absolute atomic E-state index is 0.0101. The first-order valence-electron chi connectivity index (χ1n) is 13.3. The fraction of sp³-hybridized carbons (Fsp3) is 0.630. The Balaban J connectivity index is 1.46. The lowest BCUT2D eigenvalue weighted by Crippen LogP contribution is -2.54. The maximum absolute atomic E-state index is 13.7. The number of piperidine rings is 1. The van der Waals surface area contributed by atoms with Crippen LogP contribution in [0.25, 0.3) is 0 Å². The highest BCUT2D eigenvalue weighted by Gasteiger charge is 2.43. The minimum Gasteiger partial charge on any atom is -0.344 e. The van der Waals surface area contributed by atoms with Crippen LogP contribution < -0.4 is 11.1 Å². The lowest BCUT2D eigenvalue weighted by atomic mass is 9.63. The molecule has 9 heteroatoms. The van der Waals surface area contributed by atoms with Crippen LogP contribution in [0, 0.1) is 11.3 Å². The van der Waals surface area contributed by atoms with Gasteiger partial charge in [0.2, 0.25) is 11.8 Å². The zero-order chi connectivity index (χ0) is 25.4. The molecule has 1 saturated carbocycles. The van der Waals surface area contributed by atoms with E-state index in [1.54, 1.807) is 12.7 Å². The summed E-state index contributed by atoms with van der Waals surface area (Å²) in [5, 5.41) is 8.04. The molecule has 2 amide bonds. The van der Waals surface area contributed by atoms with Crippen molar-refractivity contribution in [2.75, 3.05) is 19.6 Å². The number of hydrogen-bond donors (Lipinski definition) is 2. The number of rotatable bonds is 10. The second-order valence-electron chi connectivity index (χ2n) is 10.5. The van der Waals surface area contributed by atoms with Crippen LogP contribution in [0.4, 0.5) is 0 Å². The number of benzene rings is 1. The molecule has 0 bridgehead atoms. The van der Waals surface area contributed by atoms with Crippen LogP contribution in [0.5, 0.6) is 0 Å². The largest absolute Gasteiger partial charge is 0.344 e. The zero-order valence-corrected chi connectivity index (χ0v) is 21.8. The van der Waals surface area contributed by atoms with Gasteiger partial charge in [-0.05, 0) is 67.7 Å². The Bertz CT molecular complexity index is 967. The van der Waals surface area contributed by atoms with Gasteiger partial charge < -0.3 is 16.0 Å². The molecular weight excluding hydrogens is 476 g/mol. The molecule has 2 fully saturated rings. The van der Waals surface area contributed by atoms with E-state index in [4.69, 9.17) is 17.3 Å². The van der Waals surface area contributed by atoms with Gasteiger partial charge >= 0.3 is 0 Å². The molecule has 2 aliphatic rings. The van der Waals surface area contributed by atoms with Crippen LogP contribution in [0.3, 0.4) is 0 Å². The maximum atomic E-state index is 13.7. The molecule has 1 aromatic heterocycles. The molecule has 0 radical (unpaired) electrons. The molecule has 1 aliphatic carbocycles. The van der Waals surface area contributed by atoms with Crippen LogP contribution in [-0.2, 0) is 22.6 Å². The van der Waals surface area contributed by atoms with Gasteiger partial charge in [0.25, 0.3) is 0 Å². The van der Waals surface area contributed by atoms with Crippen molar-refractivity contribution in [3.8, 4) is 0 Å². The molecule has 2 heterocycles. The zero-order valence-electron chi connectivity index (χ0n) is 21.1. The summed E-state index contributed by atoms with van der Waals surface area (Å²) < 4.78 is 1.97. The predicted molar refractivity (Wildman–Crippen MR) is 140 cm³/mol. The third-order valence-corrected chi connectivity index (χ3v) is 8.33. The van der Waals surface area contributed by atoms with Gasteiger partial charge in [0.15, 0.2) is 0 Å². The summed E-state index contributed by atoms with van der Waals surface area (Å²) in [6.07, 6.45) is 13.0. The summed E-state index contributed by atoms with van der Waals surface area (Å²) in [5.41, 5.74) is 6.67. The highest BCUT2D eigenvalue weighted by Crippen LogP contribution is 2.47. The monoisotopic (exact) mass is 514 g/mol. The van der Waals surface area contributed by atoms with Crippen molar-refractivity contribution in [1.82, 2.24) is 25.0 Å². The summed E-state index contributed by atoms with van der Waals surface area (Å²) in [6, 6.07) is 6.86. The van der Waals surface area contributed by atoms with Crippen LogP contribution in [0.1, 0.15) is 63.4 Å². The Labute approximate surface area is 219 Å². The van der Waals surface area contributed by atoms with Crippen molar-refractivity contribution >= 4 is 23.4 Å². The van der Waals surface area contributed by atoms with Gasteiger partial charge in [-0.2, -0.15) is 5.10 Å². The van der Waals surface area contributed by atoms with E-state index in [9.17, 15) is 9.59 Å². The molecule has 196 valence electrons. The van der Waals surface area contributed by atoms with E-state index in [2.05, 4.69) is 15.4 Å². The van der Waals surface area contributed by atoms with Crippen LogP contribution in [-0.4, -0.2) is 57.2 Å². The summed E-state index contributed by atoms with van der Waals surface area (Å²) in [7, 11) is 0.